The minimum atomic E-state index is -3.58. The van der Waals surface area contributed by atoms with Crippen LogP contribution in [0.25, 0.3) is 0 Å². The fraction of sp³-hybridized carbons (Fsp3) is 0.650. The van der Waals surface area contributed by atoms with Gasteiger partial charge in [-0.1, -0.05) is 46.8 Å². The van der Waals surface area contributed by atoms with E-state index in [9.17, 15) is 9.36 Å². The van der Waals surface area contributed by atoms with E-state index in [-0.39, 0.29) is 18.6 Å². The Balaban J connectivity index is 3.08. The molecule has 1 atom stereocenters. The van der Waals surface area contributed by atoms with Crippen molar-refractivity contribution in [2.24, 2.45) is 0 Å². The van der Waals surface area contributed by atoms with Gasteiger partial charge in [0.2, 0.25) is 0 Å². The van der Waals surface area contributed by atoms with E-state index in [4.69, 9.17) is 13.8 Å². The zero-order valence-electron chi connectivity index (χ0n) is 17.1. The number of rotatable bonds is 9. The molecule has 0 aliphatic carbocycles. The summed E-state index contributed by atoms with van der Waals surface area (Å²) in [4.78, 5) is 12.7. The molecule has 0 amide bonds. The monoisotopic (exact) mass is 384 g/mol. The molecule has 0 aromatic heterocycles. The topological polar surface area (TPSA) is 61.8 Å². The van der Waals surface area contributed by atoms with Crippen LogP contribution in [0.3, 0.4) is 0 Å². The zero-order valence-corrected chi connectivity index (χ0v) is 18.0. The summed E-state index contributed by atoms with van der Waals surface area (Å²) in [7, 11) is -3.58. The second-order valence-corrected chi connectivity index (χ2v) is 9.92. The highest BCUT2D eigenvalue weighted by Crippen LogP contribution is 2.53. The molecular weight excluding hydrogens is 351 g/mol. The molecule has 1 aromatic carbocycles. The molecule has 26 heavy (non-hydrogen) atoms. The maximum atomic E-state index is 13.1. The average molecular weight is 384 g/mol. The second-order valence-electron chi connectivity index (χ2n) is 7.55. The molecule has 1 aromatic rings. The number of ether oxygens (including phenoxy) is 1. The summed E-state index contributed by atoms with van der Waals surface area (Å²) in [5.74, 6) is -0.108. The number of hydrogen-bond donors (Lipinski definition) is 0. The minimum Gasteiger partial charge on any atom is -0.426 e. The highest BCUT2D eigenvalue weighted by Gasteiger charge is 2.39. The van der Waals surface area contributed by atoms with Crippen molar-refractivity contribution in [1.29, 1.82) is 0 Å². The van der Waals surface area contributed by atoms with Crippen molar-refractivity contribution in [3.8, 4) is 5.75 Å². The van der Waals surface area contributed by atoms with E-state index in [1.165, 1.54) is 0 Å². The van der Waals surface area contributed by atoms with Crippen LogP contribution in [0, 0.1) is 6.92 Å². The molecule has 0 N–H and O–H groups in total. The standard InChI is InChI=1S/C20H33O5P/c1-8-12-23-26(22,24-13-9-2)16(4)19(21)25-18-14-15(3)10-11-17(18)20(5,6)7/h10-11,14,16H,8-9,12-13H2,1-7H3. The molecule has 0 bridgehead atoms. The van der Waals surface area contributed by atoms with Gasteiger partial charge in [0.1, 0.15) is 5.75 Å². The molecule has 0 heterocycles. The third-order valence-electron chi connectivity index (χ3n) is 3.92. The first kappa shape index (κ1) is 22.9. The first-order valence-electron chi connectivity index (χ1n) is 9.26. The molecule has 0 fully saturated rings. The van der Waals surface area contributed by atoms with Gasteiger partial charge in [-0.15, -0.1) is 0 Å². The summed E-state index contributed by atoms with van der Waals surface area (Å²) in [6, 6.07) is 5.78. The van der Waals surface area contributed by atoms with E-state index >= 15 is 0 Å². The van der Waals surface area contributed by atoms with Gasteiger partial charge >= 0.3 is 13.6 Å². The Bertz CT molecular complexity index is 636. The fourth-order valence-corrected chi connectivity index (χ4v) is 4.06. The van der Waals surface area contributed by atoms with Crippen LogP contribution in [0.4, 0.5) is 0 Å². The van der Waals surface area contributed by atoms with Crippen molar-refractivity contribution in [2.45, 2.75) is 72.4 Å². The van der Waals surface area contributed by atoms with Crippen LogP contribution in [-0.2, 0) is 23.8 Å². The van der Waals surface area contributed by atoms with E-state index in [2.05, 4.69) is 20.8 Å². The van der Waals surface area contributed by atoms with Gasteiger partial charge < -0.3 is 13.8 Å². The number of carbonyl (C=O) groups is 1. The lowest BCUT2D eigenvalue weighted by atomic mass is 9.86. The molecule has 0 spiro atoms. The first-order chi connectivity index (χ1) is 12.0. The quantitative estimate of drug-likeness (QED) is 0.313. The number of benzene rings is 1. The summed E-state index contributed by atoms with van der Waals surface area (Å²) in [5, 5.41) is 0. The number of hydrogen-bond acceptors (Lipinski definition) is 5. The Morgan fingerprint density at radius 2 is 1.65 bits per heavy atom. The summed E-state index contributed by atoms with van der Waals surface area (Å²) >= 11 is 0. The molecule has 148 valence electrons. The van der Waals surface area contributed by atoms with Crippen molar-refractivity contribution in [2.75, 3.05) is 13.2 Å². The summed E-state index contributed by atoms with van der Waals surface area (Å²) in [6.45, 7) is 14.0. The Kier molecular flexibility index (Phi) is 8.52. The van der Waals surface area contributed by atoms with Gasteiger partial charge in [-0.05, 0) is 43.7 Å². The number of carbonyl (C=O) groups excluding carboxylic acids is 1. The Hall–Kier alpha value is -1.16. The van der Waals surface area contributed by atoms with Gasteiger partial charge in [0.25, 0.3) is 0 Å². The maximum absolute atomic E-state index is 13.1. The molecule has 0 saturated heterocycles. The first-order valence-corrected chi connectivity index (χ1v) is 10.9. The minimum absolute atomic E-state index is 0.187. The third-order valence-corrected chi connectivity index (χ3v) is 6.17. The normalized spacial score (nSPS) is 13.5. The van der Waals surface area contributed by atoms with E-state index in [1.807, 2.05) is 39.0 Å². The third kappa shape index (κ3) is 6.22. The molecule has 5 nitrogen and oxygen atoms in total. The summed E-state index contributed by atoms with van der Waals surface area (Å²) < 4.78 is 29.6. The lowest BCUT2D eigenvalue weighted by Gasteiger charge is -2.25. The van der Waals surface area contributed by atoms with Crippen LogP contribution in [0.2, 0.25) is 0 Å². The summed E-state index contributed by atoms with van der Waals surface area (Å²) in [5.41, 5.74) is 0.727. The molecule has 0 radical (unpaired) electrons. The van der Waals surface area contributed by atoms with Crippen LogP contribution < -0.4 is 4.74 Å². The van der Waals surface area contributed by atoms with E-state index in [1.54, 1.807) is 6.92 Å². The van der Waals surface area contributed by atoms with Gasteiger partial charge in [0.05, 0.1) is 13.2 Å². The largest absolute Gasteiger partial charge is 0.426 e. The molecule has 0 aliphatic heterocycles. The van der Waals surface area contributed by atoms with Crippen LogP contribution in [0.1, 0.15) is 65.5 Å². The SMILES string of the molecule is CCCOP(=O)(OCCC)C(C)C(=O)Oc1cc(C)ccc1C(C)(C)C. The number of esters is 1. The molecule has 1 rings (SSSR count). The second kappa shape index (κ2) is 9.68. The van der Waals surface area contributed by atoms with Crippen molar-refractivity contribution in [1.82, 2.24) is 0 Å². The van der Waals surface area contributed by atoms with E-state index in [0.717, 1.165) is 11.1 Å². The van der Waals surface area contributed by atoms with Gasteiger partial charge in [-0.25, -0.2) is 0 Å². The van der Waals surface area contributed by atoms with Gasteiger partial charge in [0, 0.05) is 5.56 Å². The van der Waals surface area contributed by atoms with Crippen LogP contribution in [0.15, 0.2) is 18.2 Å². The van der Waals surface area contributed by atoms with E-state index < -0.39 is 19.2 Å². The van der Waals surface area contributed by atoms with Crippen molar-refractivity contribution < 1.29 is 23.1 Å². The molecule has 0 aliphatic rings. The van der Waals surface area contributed by atoms with Crippen molar-refractivity contribution in [3.63, 3.8) is 0 Å². The Morgan fingerprint density at radius 3 is 2.12 bits per heavy atom. The van der Waals surface area contributed by atoms with Gasteiger partial charge in [-0.2, -0.15) is 0 Å². The maximum Gasteiger partial charge on any atom is 0.344 e. The van der Waals surface area contributed by atoms with Crippen molar-refractivity contribution in [3.05, 3.63) is 29.3 Å². The summed E-state index contributed by atoms with van der Waals surface area (Å²) in [6.07, 6.45) is 1.38. The van der Waals surface area contributed by atoms with E-state index in [0.29, 0.717) is 18.6 Å². The van der Waals surface area contributed by atoms with Crippen LogP contribution in [0.5, 0.6) is 5.75 Å². The molecule has 6 heteroatoms. The molecule has 1 unspecified atom stereocenters. The Morgan fingerprint density at radius 1 is 1.12 bits per heavy atom. The Labute approximate surface area is 158 Å². The zero-order chi connectivity index (χ0) is 20.0. The van der Waals surface area contributed by atoms with Gasteiger partial charge in [0.15, 0.2) is 5.66 Å². The van der Waals surface area contributed by atoms with Crippen LogP contribution in [-0.4, -0.2) is 24.8 Å². The van der Waals surface area contributed by atoms with Crippen LogP contribution >= 0.6 is 7.60 Å². The predicted molar refractivity (Wildman–Crippen MR) is 105 cm³/mol. The highest BCUT2D eigenvalue weighted by atomic mass is 31.2. The average Bonchev–Trinajstić information content (AvgIpc) is 2.56. The van der Waals surface area contributed by atoms with Gasteiger partial charge in [-0.3, -0.25) is 9.36 Å². The molecule has 0 saturated carbocycles. The smallest absolute Gasteiger partial charge is 0.344 e. The molecular formula is C20H33O5P. The number of aryl methyl sites for hydroxylation is 1. The highest BCUT2D eigenvalue weighted by molar-refractivity contribution is 7.55. The predicted octanol–water partition coefficient (Wildman–Crippen LogP) is 5.63. The van der Waals surface area contributed by atoms with Crippen molar-refractivity contribution >= 4 is 13.6 Å². The lowest BCUT2D eigenvalue weighted by Crippen LogP contribution is -2.27. The fourth-order valence-electron chi connectivity index (χ4n) is 2.35. The lowest BCUT2D eigenvalue weighted by molar-refractivity contribution is -0.134.